The summed E-state index contributed by atoms with van der Waals surface area (Å²) < 4.78 is 5.42. The third-order valence-electron chi connectivity index (χ3n) is 4.49. The number of aryl methyl sites for hydroxylation is 1. The molecule has 0 spiro atoms. The smallest absolute Gasteiger partial charge is 0.191 e. The Bertz CT molecular complexity index is 573. The summed E-state index contributed by atoms with van der Waals surface area (Å²) in [5.41, 5.74) is 2.57. The van der Waals surface area contributed by atoms with Gasteiger partial charge in [-0.15, -0.1) is 11.8 Å². The second kappa shape index (κ2) is 11.5. The van der Waals surface area contributed by atoms with Gasteiger partial charge in [0.05, 0.1) is 19.8 Å². The number of rotatable bonds is 8. The molecular weight excluding hydrogens is 344 g/mol. The number of morpholine rings is 1. The van der Waals surface area contributed by atoms with Crippen molar-refractivity contribution in [1.29, 1.82) is 0 Å². The molecule has 0 aromatic heterocycles. The van der Waals surface area contributed by atoms with E-state index in [1.165, 1.54) is 16.0 Å². The third kappa shape index (κ3) is 7.17. The van der Waals surface area contributed by atoms with Crippen molar-refractivity contribution in [3.05, 3.63) is 29.3 Å². The summed E-state index contributed by atoms with van der Waals surface area (Å²) >= 11 is 1.79. The highest BCUT2D eigenvalue weighted by Gasteiger charge is 2.14. The van der Waals surface area contributed by atoms with E-state index in [9.17, 15) is 0 Å². The molecule has 6 heteroatoms. The van der Waals surface area contributed by atoms with E-state index in [2.05, 4.69) is 60.8 Å². The van der Waals surface area contributed by atoms with E-state index in [-0.39, 0.29) is 0 Å². The molecule has 1 saturated heterocycles. The molecule has 0 saturated carbocycles. The molecule has 1 aromatic rings. The number of aliphatic imine (C=N–C) groups is 1. The van der Waals surface area contributed by atoms with Gasteiger partial charge in [-0.25, -0.2) is 4.99 Å². The molecule has 1 aliphatic heterocycles. The molecule has 0 aliphatic carbocycles. The van der Waals surface area contributed by atoms with Crippen molar-refractivity contribution in [3.63, 3.8) is 0 Å². The van der Waals surface area contributed by atoms with E-state index in [1.54, 1.807) is 11.8 Å². The summed E-state index contributed by atoms with van der Waals surface area (Å²) in [7, 11) is 0. The molecule has 1 aromatic carbocycles. The van der Waals surface area contributed by atoms with Crippen LogP contribution in [0, 0.1) is 12.8 Å². The maximum atomic E-state index is 5.42. The van der Waals surface area contributed by atoms with E-state index >= 15 is 0 Å². The van der Waals surface area contributed by atoms with Crippen LogP contribution in [0.5, 0.6) is 0 Å². The normalized spacial score (nSPS) is 17.2. The van der Waals surface area contributed by atoms with Crippen molar-refractivity contribution in [2.24, 2.45) is 10.9 Å². The Labute approximate surface area is 163 Å². The highest BCUT2D eigenvalue weighted by Crippen LogP contribution is 2.22. The summed E-state index contributed by atoms with van der Waals surface area (Å²) in [5.74, 6) is 1.46. The predicted octanol–water partition coefficient (Wildman–Crippen LogP) is 2.74. The fraction of sp³-hybridized carbons (Fsp3) is 0.650. The van der Waals surface area contributed by atoms with E-state index < -0.39 is 0 Å². The zero-order chi connectivity index (χ0) is 18.8. The molecule has 2 rings (SSSR count). The number of nitrogens with one attached hydrogen (secondary N) is 2. The first-order valence-electron chi connectivity index (χ1n) is 9.58. The number of thioether (sulfide) groups is 1. The van der Waals surface area contributed by atoms with Crippen LogP contribution in [0.25, 0.3) is 0 Å². The van der Waals surface area contributed by atoms with Crippen LogP contribution in [0.15, 0.2) is 28.1 Å². The van der Waals surface area contributed by atoms with Crippen LogP contribution in [0.1, 0.15) is 25.0 Å². The molecule has 0 radical (unpaired) electrons. The van der Waals surface area contributed by atoms with Crippen LogP contribution in [0.2, 0.25) is 0 Å². The lowest BCUT2D eigenvalue weighted by Crippen LogP contribution is -2.44. The van der Waals surface area contributed by atoms with Crippen molar-refractivity contribution >= 4 is 17.7 Å². The van der Waals surface area contributed by atoms with Crippen molar-refractivity contribution < 1.29 is 4.74 Å². The Hall–Kier alpha value is -1.24. The highest BCUT2D eigenvalue weighted by molar-refractivity contribution is 7.98. The fourth-order valence-electron chi connectivity index (χ4n) is 3.05. The van der Waals surface area contributed by atoms with Crippen molar-refractivity contribution in [2.45, 2.75) is 32.2 Å². The largest absolute Gasteiger partial charge is 0.379 e. The van der Waals surface area contributed by atoms with Gasteiger partial charge in [0, 0.05) is 37.6 Å². The molecule has 1 unspecified atom stereocenters. The van der Waals surface area contributed by atoms with Crippen LogP contribution in [0.3, 0.4) is 0 Å². The summed E-state index contributed by atoms with van der Waals surface area (Å²) in [6, 6.07) is 6.59. The Balaban J connectivity index is 1.87. The number of hydrogen-bond acceptors (Lipinski definition) is 4. The highest BCUT2D eigenvalue weighted by atomic mass is 32.2. The van der Waals surface area contributed by atoms with Gasteiger partial charge in [0.25, 0.3) is 0 Å². The Morgan fingerprint density at radius 3 is 2.77 bits per heavy atom. The van der Waals surface area contributed by atoms with Gasteiger partial charge in [-0.05, 0) is 43.2 Å². The molecule has 0 bridgehead atoms. The summed E-state index contributed by atoms with van der Waals surface area (Å²) in [6.07, 6.45) is 2.12. The topological polar surface area (TPSA) is 48.9 Å². The second-order valence-corrected chi connectivity index (χ2v) is 7.76. The van der Waals surface area contributed by atoms with Gasteiger partial charge in [0.15, 0.2) is 5.96 Å². The van der Waals surface area contributed by atoms with Crippen molar-refractivity contribution in [1.82, 2.24) is 15.5 Å². The zero-order valence-electron chi connectivity index (χ0n) is 16.7. The monoisotopic (exact) mass is 378 g/mol. The number of benzene rings is 1. The Kier molecular flexibility index (Phi) is 9.29. The maximum absolute atomic E-state index is 5.42. The minimum absolute atomic E-state index is 0.568. The quantitative estimate of drug-likeness (QED) is 0.414. The van der Waals surface area contributed by atoms with Crippen LogP contribution in [0.4, 0.5) is 0 Å². The SMILES string of the molecule is CCNC(=NCc1ccc(C)cc1SC)NCC(C)CN1CCOCC1. The molecule has 0 amide bonds. The first-order valence-corrected chi connectivity index (χ1v) is 10.8. The molecule has 5 nitrogen and oxygen atoms in total. The second-order valence-electron chi connectivity index (χ2n) is 6.91. The number of nitrogens with zero attached hydrogens (tertiary/aromatic N) is 2. The first-order chi connectivity index (χ1) is 12.6. The lowest BCUT2D eigenvalue weighted by atomic mass is 10.1. The summed E-state index contributed by atoms with van der Waals surface area (Å²) in [5, 5.41) is 6.86. The van der Waals surface area contributed by atoms with Gasteiger partial charge in [-0.3, -0.25) is 4.90 Å². The first kappa shape index (κ1) is 21.1. The van der Waals surface area contributed by atoms with E-state index in [0.717, 1.165) is 51.9 Å². The van der Waals surface area contributed by atoms with E-state index in [0.29, 0.717) is 12.5 Å². The molecule has 146 valence electrons. The average molecular weight is 379 g/mol. The zero-order valence-corrected chi connectivity index (χ0v) is 17.5. The number of hydrogen-bond donors (Lipinski definition) is 2. The van der Waals surface area contributed by atoms with Crippen LogP contribution in [-0.2, 0) is 11.3 Å². The predicted molar refractivity (Wildman–Crippen MR) is 112 cm³/mol. The average Bonchev–Trinajstić information content (AvgIpc) is 2.65. The molecule has 26 heavy (non-hydrogen) atoms. The Morgan fingerprint density at radius 1 is 1.31 bits per heavy atom. The van der Waals surface area contributed by atoms with Gasteiger partial charge in [-0.1, -0.05) is 19.1 Å². The number of guanidine groups is 1. The van der Waals surface area contributed by atoms with Crippen LogP contribution >= 0.6 is 11.8 Å². The van der Waals surface area contributed by atoms with Gasteiger partial charge in [-0.2, -0.15) is 0 Å². The standard InChI is InChI=1S/C20H34N4OS/c1-5-21-20(22-13-17(3)15-24-8-10-25-11-9-24)23-14-18-7-6-16(2)12-19(18)26-4/h6-7,12,17H,5,8-11,13-15H2,1-4H3,(H2,21,22,23). The molecule has 1 fully saturated rings. The van der Waals surface area contributed by atoms with Crippen molar-refractivity contribution in [2.75, 3.05) is 52.2 Å². The molecule has 1 atom stereocenters. The maximum Gasteiger partial charge on any atom is 0.191 e. The molecular formula is C20H34N4OS. The van der Waals surface area contributed by atoms with Gasteiger partial charge in [0.1, 0.15) is 0 Å². The lowest BCUT2D eigenvalue weighted by molar-refractivity contribution is 0.0320. The van der Waals surface area contributed by atoms with E-state index in [1.807, 2.05) is 0 Å². The van der Waals surface area contributed by atoms with Gasteiger partial charge >= 0.3 is 0 Å². The van der Waals surface area contributed by atoms with Gasteiger partial charge in [0.2, 0.25) is 0 Å². The molecule has 2 N–H and O–H groups in total. The van der Waals surface area contributed by atoms with E-state index in [4.69, 9.17) is 9.73 Å². The number of ether oxygens (including phenoxy) is 1. The summed E-state index contributed by atoms with van der Waals surface area (Å²) in [4.78, 5) is 8.58. The van der Waals surface area contributed by atoms with Crippen molar-refractivity contribution in [3.8, 4) is 0 Å². The molecule has 1 heterocycles. The third-order valence-corrected chi connectivity index (χ3v) is 5.31. The molecule has 1 aliphatic rings. The van der Waals surface area contributed by atoms with Gasteiger partial charge < -0.3 is 15.4 Å². The van der Waals surface area contributed by atoms with Crippen LogP contribution < -0.4 is 10.6 Å². The minimum Gasteiger partial charge on any atom is -0.379 e. The minimum atomic E-state index is 0.568. The van der Waals surface area contributed by atoms with Crippen LogP contribution in [-0.4, -0.2) is 63.1 Å². The fourth-order valence-corrected chi connectivity index (χ4v) is 3.75. The lowest BCUT2D eigenvalue weighted by Gasteiger charge is -2.29. The summed E-state index contributed by atoms with van der Waals surface area (Å²) in [6.45, 7) is 13.9. The Morgan fingerprint density at radius 2 is 2.08 bits per heavy atom.